The number of aromatic nitrogens is 1. The van der Waals surface area contributed by atoms with Crippen LogP contribution in [-0.4, -0.2) is 34.7 Å². The number of carbonyl (C=O) groups is 1. The quantitative estimate of drug-likeness (QED) is 0.838. The molecule has 1 aliphatic heterocycles. The number of hydrogen-bond acceptors (Lipinski definition) is 4. The lowest BCUT2D eigenvalue weighted by Gasteiger charge is -2.19. The van der Waals surface area contributed by atoms with Crippen LogP contribution in [0.2, 0.25) is 5.02 Å². The average molecular weight is 344 g/mol. The van der Waals surface area contributed by atoms with Gasteiger partial charge in [0.2, 0.25) is 6.10 Å². The van der Waals surface area contributed by atoms with Gasteiger partial charge in [-0.2, -0.15) is 0 Å². The molecule has 0 radical (unpaired) electrons. The first kappa shape index (κ1) is 16.5. The molecule has 1 atom stereocenters. The van der Waals surface area contributed by atoms with Crippen molar-refractivity contribution in [3.8, 4) is 0 Å². The van der Waals surface area contributed by atoms with Crippen LogP contribution >= 0.6 is 11.6 Å². The van der Waals surface area contributed by atoms with E-state index in [4.69, 9.17) is 16.4 Å². The van der Waals surface area contributed by atoms with Gasteiger partial charge in [-0.15, -0.1) is 0 Å². The van der Waals surface area contributed by atoms with Crippen molar-refractivity contribution in [3.05, 3.63) is 64.9 Å². The molecule has 24 heavy (non-hydrogen) atoms. The maximum atomic E-state index is 12.5. The molecule has 2 aromatic rings. The summed E-state index contributed by atoms with van der Waals surface area (Å²) in [6.07, 6.45) is 2.21. The average Bonchev–Trinajstić information content (AvgIpc) is 3.05. The third-order valence-corrected chi connectivity index (χ3v) is 4.23. The molecular formula is C18H18ClN3O2. The van der Waals surface area contributed by atoms with Crippen LogP contribution < -0.4 is 0 Å². The van der Waals surface area contributed by atoms with Crippen LogP contribution in [0.1, 0.15) is 17.7 Å². The third-order valence-electron chi connectivity index (χ3n) is 3.86. The van der Waals surface area contributed by atoms with E-state index < -0.39 is 6.10 Å². The molecule has 3 rings (SSSR count). The summed E-state index contributed by atoms with van der Waals surface area (Å²) in [6, 6.07) is 13.2. The number of carbonyl (C=O) groups excluding carboxylic acids is 1. The molecule has 1 amide bonds. The Bertz CT molecular complexity index is 749. The highest BCUT2D eigenvalue weighted by Crippen LogP contribution is 2.21. The van der Waals surface area contributed by atoms with Crippen LogP contribution in [0.5, 0.6) is 0 Å². The Kier molecular flexibility index (Phi) is 5.11. The lowest BCUT2D eigenvalue weighted by Crippen LogP contribution is -2.36. The first-order chi connectivity index (χ1) is 11.6. The molecule has 0 N–H and O–H groups in total. The Morgan fingerprint density at radius 1 is 1.29 bits per heavy atom. The van der Waals surface area contributed by atoms with Crippen molar-refractivity contribution in [3.63, 3.8) is 0 Å². The Balaban J connectivity index is 1.56. The molecule has 2 heterocycles. The van der Waals surface area contributed by atoms with Crippen molar-refractivity contribution in [2.75, 3.05) is 7.05 Å². The van der Waals surface area contributed by atoms with Gasteiger partial charge in [0.05, 0.1) is 18.0 Å². The second-order valence-corrected chi connectivity index (χ2v) is 6.15. The molecule has 1 aromatic heterocycles. The van der Waals surface area contributed by atoms with E-state index in [1.807, 2.05) is 42.5 Å². The standard InChI is InChI=1S/C18H18ClN3O2/c1-22(12-14-7-4-5-9-20-14)18(23)17-11-15(21-24-17)10-13-6-2-3-8-16(13)19/h2-9,17H,10-12H2,1H3. The Morgan fingerprint density at radius 2 is 2.08 bits per heavy atom. The van der Waals surface area contributed by atoms with Gasteiger partial charge in [0, 0.05) is 31.1 Å². The van der Waals surface area contributed by atoms with Crippen LogP contribution in [0.4, 0.5) is 0 Å². The van der Waals surface area contributed by atoms with Gasteiger partial charge in [-0.05, 0) is 23.8 Å². The summed E-state index contributed by atoms with van der Waals surface area (Å²) in [5.41, 5.74) is 2.65. The van der Waals surface area contributed by atoms with Crippen molar-refractivity contribution < 1.29 is 9.63 Å². The molecule has 1 aromatic carbocycles. The van der Waals surface area contributed by atoms with Crippen molar-refractivity contribution >= 4 is 23.2 Å². The van der Waals surface area contributed by atoms with Gasteiger partial charge in [-0.3, -0.25) is 9.78 Å². The number of amides is 1. The molecule has 0 spiro atoms. The highest BCUT2D eigenvalue weighted by Gasteiger charge is 2.30. The zero-order chi connectivity index (χ0) is 16.9. The maximum absolute atomic E-state index is 12.5. The largest absolute Gasteiger partial charge is 0.382 e. The minimum absolute atomic E-state index is 0.0986. The lowest BCUT2D eigenvalue weighted by molar-refractivity contribution is -0.141. The van der Waals surface area contributed by atoms with Gasteiger partial charge in [0.25, 0.3) is 5.91 Å². The Hall–Kier alpha value is -2.40. The number of hydrogen-bond donors (Lipinski definition) is 0. The van der Waals surface area contributed by atoms with Gasteiger partial charge >= 0.3 is 0 Å². The predicted molar refractivity (Wildman–Crippen MR) is 92.8 cm³/mol. The van der Waals surface area contributed by atoms with E-state index in [1.54, 1.807) is 18.1 Å². The molecule has 1 unspecified atom stereocenters. The summed E-state index contributed by atoms with van der Waals surface area (Å²) in [4.78, 5) is 23.7. The van der Waals surface area contributed by atoms with E-state index in [0.29, 0.717) is 24.4 Å². The number of oxime groups is 1. The van der Waals surface area contributed by atoms with Crippen molar-refractivity contribution in [2.24, 2.45) is 5.16 Å². The van der Waals surface area contributed by atoms with E-state index in [1.165, 1.54) is 0 Å². The predicted octanol–water partition coefficient (Wildman–Crippen LogP) is 3.08. The number of nitrogens with zero attached hydrogens (tertiary/aromatic N) is 3. The molecule has 6 heteroatoms. The second-order valence-electron chi connectivity index (χ2n) is 5.74. The van der Waals surface area contributed by atoms with E-state index in [-0.39, 0.29) is 5.91 Å². The van der Waals surface area contributed by atoms with Gasteiger partial charge in [-0.1, -0.05) is 41.0 Å². The zero-order valence-electron chi connectivity index (χ0n) is 13.4. The van der Waals surface area contributed by atoms with Gasteiger partial charge in [-0.25, -0.2) is 0 Å². The van der Waals surface area contributed by atoms with Crippen LogP contribution in [0.25, 0.3) is 0 Å². The summed E-state index contributed by atoms with van der Waals surface area (Å²) < 4.78 is 0. The SMILES string of the molecule is CN(Cc1ccccn1)C(=O)C1CC(Cc2ccccc2Cl)=NO1. The third kappa shape index (κ3) is 3.92. The molecule has 0 fully saturated rings. The minimum Gasteiger partial charge on any atom is -0.382 e. The van der Waals surface area contributed by atoms with E-state index in [0.717, 1.165) is 17.0 Å². The summed E-state index contributed by atoms with van der Waals surface area (Å²) in [5.74, 6) is -0.0986. The van der Waals surface area contributed by atoms with Crippen LogP contribution in [0.3, 0.4) is 0 Å². The second kappa shape index (κ2) is 7.45. The number of halogens is 1. The summed E-state index contributed by atoms with van der Waals surface area (Å²) in [6.45, 7) is 0.444. The molecule has 0 aliphatic carbocycles. The van der Waals surface area contributed by atoms with Crippen molar-refractivity contribution in [1.29, 1.82) is 0 Å². The maximum Gasteiger partial charge on any atom is 0.266 e. The van der Waals surface area contributed by atoms with E-state index in [9.17, 15) is 4.79 Å². The van der Waals surface area contributed by atoms with Crippen LogP contribution in [0, 0.1) is 0 Å². The van der Waals surface area contributed by atoms with Crippen LogP contribution in [0.15, 0.2) is 53.8 Å². The minimum atomic E-state index is -0.573. The number of pyridine rings is 1. The Labute approximate surface area is 145 Å². The van der Waals surface area contributed by atoms with E-state index in [2.05, 4.69) is 10.1 Å². The summed E-state index contributed by atoms with van der Waals surface area (Å²) in [7, 11) is 1.74. The fraction of sp³-hybridized carbons (Fsp3) is 0.278. The molecule has 0 saturated heterocycles. The lowest BCUT2D eigenvalue weighted by atomic mass is 10.0. The highest BCUT2D eigenvalue weighted by atomic mass is 35.5. The van der Waals surface area contributed by atoms with Crippen LogP contribution in [-0.2, 0) is 22.6 Å². The summed E-state index contributed by atoms with van der Waals surface area (Å²) >= 11 is 6.16. The van der Waals surface area contributed by atoms with Crippen molar-refractivity contribution in [1.82, 2.24) is 9.88 Å². The number of benzene rings is 1. The van der Waals surface area contributed by atoms with Gasteiger partial charge in [0.15, 0.2) is 0 Å². The zero-order valence-corrected chi connectivity index (χ0v) is 14.1. The van der Waals surface area contributed by atoms with Gasteiger partial charge < -0.3 is 9.74 Å². The van der Waals surface area contributed by atoms with Crippen molar-refractivity contribution in [2.45, 2.75) is 25.5 Å². The first-order valence-electron chi connectivity index (χ1n) is 7.73. The first-order valence-corrected chi connectivity index (χ1v) is 8.11. The number of likely N-dealkylation sites (N-methyl/N-ethyl adjacent to an activating group) is 1. The van der Waals surface area contributed by atoms with Gasteiger partial charge in [0.1, 0.15) is 0 Å². The smallest absolute Gasteiger partial charge is 0.266 e. The fourth-order valence-electron chi connectivity index (χ4n) is 2.58. The molecular weight excluding hydrogens is 326 g/mol. The fourth-order valence-corrected chi connectivity index (χ4v) is 2.79. The molecule has 124 valence electrons. The summed E-state index contributed by atoms with van der Waals surface area (Å²) in [5, 5.41) is 4.76. The monoisotopic (exact) mass is 343 g/mol. The molecule has 1 aliphatic rings. The number of rotatable bonds is 5. The molecule has 0 bridgehead atoms. The normalized spacial score (nSPS) is 16.4. The van der Waals surface area contributed by atoms with E-state index >= 15 is 0 Å². The molecule has 0 saturated carbocycles. The molecule has 5 nitrogen and oxygen atoms in total. The Morgan fingerprint density at radius 3 is 2.83 bits per heavy atom. The topological polar surface area (TPSA) is 54.8 Å². The highest BCUT2D eigenvalue weighted by molar-refractivity contribution is 6.31.